The first kappa shape index (κ1) is 24.0. The number of nitrogens with zero attached hydrogens (tertiary/aromatic N) is 3. The fraction of sp³-hybridized carbons (Fsp3) is 0.370. The van der Waals surface area contributed by atoms with Crippen LogP contribution in [0.15, 0.2) is 67.4 Å². The molecule has 0 aliphatic carbocycles. The van der Waals surface area contributed by atoms with E-state index in [9.17, 15) is 4.79 Å². The normalized spacial score (nSPS) is 18.8. The van der Waals surface area contributed by atoms with Crippen LogP contribution in [0.3, 0.4) is 0 Å². The van der Waals surface area contributed by atoms with E-state index in [1.54, 1.807) is 12.7 Å². The van der Waals surface area contributed by atoms with E-state index in [1.165, 1.54) is 10.9 Å². The number of hydrogen-bond acceptors (Lipinski definition) is 6. The highest BCUT2D eigenvalue weighted by molar-refractivity contribution is 5.85. The Hall–Kier alpha value is -3.69. The summed E-state index contributed by atoms with van der Waals surface area (Å²) in [5, 5.41) is 16.4. The van der Waals surface area contributed by atoms with Gasteiger partial charge in [-0.25, -0.2) is 4.79 Å². The van der Waals surface area contributed by atoms with E-state index in [0.29, 0.717) is 12.0 Å². The molecule has 0 spiro atoms. The van der Waals surface area contributed by atoms with Crippen LogP contribution in [-0.2, 0) is 11.2 Å². The van der Waals surface area contributed by atoms with Crippen LogP contribution >= 0.6 is 0 Å². The minimum atomic E-state index is -0.745. The molecule has 4 aromatic rings. The molecule has 2 aromatic carbocycles. The van der Waals surface area contributed by atoms with Gasteiger partial charge in [-0.3, -0.25) is 4.57 Å². The lowest BCUT2D eigenvalue weighted by atomic mass is 9.87. The number of aryl methyl sites for hydroxylation is 1. The van der Waals surface area contributed by atoms with Crippen LogP contribution in [0.4, 0.5) is 4.79 Å². The van der Waals surface area contributed by atoms with Crippen LogP contribution in [-0.4, -0.2) is 51.6 Å². The predicted octanol–water partition coefficient (Wildman–Crippen LogP) is 3.48. The summed E-state index contributed by atoms with van der Waals surface area (Å²) in [7, 11) is 0. The van der Waals surface area contributed by atoms with Gasteiger partial charge < -0.3 is 26.1 Å². The fourth-order valence-electron chi connectivity index (χ4n) is 5.22. The molecule has 1 aliphatic rings. The van der Waals surface area contributed by atoms with Crippen molar-refractivity contribution in [2.45, 2.75) is 37.8 Å². The SMILES string of the molecule is NC(=O)OCC(N[C@@H]1CCNCC1CCCc1c[nH]c2ccc(-n3cnnc3)cc12)c1ccccc1. The first-order valence-corrected chi connectivity index (χ1v) is 12.6. The van der Waals surface area contributed by atoms with Gasteiger partial charge in [0.05, 0.1) is 6.04 Å². The van der Waals surface area contributed by atoms with Gasteiger partial charge in [0.25, 0.3) is 0 Å². The molecule has 5 rings (SSSR count). The average Bonchev–Trinajstić information content (AvgIpc) is 3.58. The van der Waals surface area contributed by atoms with Gasteiger partial charge in [-0.15, -0.1) is 10.2 Å². The molecule has 1 amide bonds. The van der Waals surface area contributed by atoms with E-state index in [0.717, 1.165) is 55.5 Å². The molecule has 1 aliphatic heterocycles. The van der Waals surface area contributed by atoms with Gasteiger partial charge in [-0.2, -0.15) is 0 Å². The lowest BCUT2D eigenvalue weighted by molar-refractivity contribution is 0.133. The van der Waals surface area contributed by atoms with Crippen LogP contribution in [0.2, 0.25) is 0 Å². The monoisotopic (exact) mass is 487 g/mol. The molecule has 36 heavy (non-hydrogen) atoms. The van der Waals surface area contributed by atoms with Gasteiger partial charge in [-0.1, -0.05) is 30.3 Å². The minimum absolute atomic E-state index is 0.0889. The molecule has 9 heteroatoms. The van der Waals surface area contributed by atoms with E-state index in [1.807, 2.05) is 22.8 Å². The van der Waals surface area contributed by atoms with Crippen LogP contribution in [0, 0.1) is 5.92 Å². The fourth-order valence-corrected chi connectivity index (χ4v) is 5.22. The molecular weight excluding hydrogens is 454 g/mol. The van der Waals surface area contributed by atoms with E-state index in [4.69, 9.17) is 10.5 Å². The number of carbonyl (C=O) groups is 1. The van der Waals surface area contributed by atoms with Gasteiger partial charge >= 0.3 is 6.09 Å². The molecule has 0 radical (unpaired) electrons. The zero-order chi connectivity index (χ0) is 24.7. The number of amides is 1. The lowest BCUT2D eigenvalue weighted by Gasteiger charge is -2.36. The van der Waals surface area contributed by atoms with Crippen LogP contribution in [0.5, 0.6) is 0 Å². The van der Waals surface area contributed by atoms with Crippen molar-refractivity contribution in [2.75, 3.05) is 19.7 Å². The number of carbonyl (C=O) groups excluding carboxylic acids is 1. The Balaban J connectivity index is 1.23. The van der Waals surface area contributed by atoms with Gasteiger partial charge in [0.15, 0.2) is 0 Å². The molecule has 1 saturated heterocycles. The van der Waals surface area contributed by atoms with Crippen LogP contribution in [0.1, 0.15) is 36.4 Å². The number of hydrogen-bond donors (Lipinski definition) is 4. The van der Waals surface area contributed by atoms with Gasteiger partial charge in [-0.05, 0) is 74.0 Å². The molecule has 1 fully saturated rings. The summed E-state index contributed by atoms with van der Waals surface area (Å²) in [6.45, 7) is 2.17. The van der Waals surface area contributed by atoms with Crippen molar-refractivity contribution in [3.05, 3.63) is 78.5 Å². The number of aromatic nitrogens is 4. The van der Waals surface area contributed by atoms with E-state index in [2.05, 4.69) is 62.3 Å². The molecule has 2 unspecified atom stereocenters. The second-order valence-corrected chi connectivity index (χ2v) is 9.42. The molecule has 9 nitrogen and oxygen atoms in total. The van der Waals surface area contributed by atoms with Crippen molar-refractivity contribution in [1.29, 1.82) is 0 Å². The summed E-state index contributed by atoms with van der Waals surface area (Å²) in [5.74, 6) is 0.483. The Kier molecular flexibility index (Phi) is 7.58. The number of H-pyrrole nitrogens is 1. The summed E-state index contributed by atoms with van der Waals surface area (Å²) in [5.41, 5.74) is 9.87. The average molecular weight is 488 g/mol. The highest BCUT2D eigenvalue weighted by Gasteiger charge is 2.28. The first-order chi connectivity index (χ1) is 17.7. The maximum Gasteiger partial charge on any atom is 0.404 e. The number of primary amides is 1. The number of benzene rings is 2. The topological polar surface area (TPSA) is 123 Å². The number of aromatic amines is 1. The molecule has 0 saturated carbocycles. The van der Waals surface area contributed by atoms with E-state index < -0.39 is 6.09 Å². The standard InChI is InChI=1S/C27H33N7O2/c28-27(35)36-16-26(19-5-2-1-3-6-19)33-24-11-12-29-14-21(24)8-4-7-20-15-30-25-10-9-22(13-23(20)25)34-17-31-32-18-34/h1-3,5-6,9-10,13,15,17-18,21,24,26,29-30,33H,4,7-8,11-12,14,16H2,(H2,28,35)/t21?,24-,26?/m1/s1. The molecule has 5 N–H and O–H groups in total. The van der Waals surface area contributed by atoms with Gasteiger partial charge in [0.1, 0.15) is 19.3 Å². The molecular formula is C27H33N7O2. The second-order valence-electron chi connectivity index (χ2n) is 9.42. The Morgan fingerprint density at radius 2 is 2.03 bits per heavy atom. The zero-order valence-corrected chi connectivity index (χ0v) is 20.3. The summed E-state index contributed by atoms with van der Waals surface area (Å²) in [6, 6.07) is 16.7. The van der Waals surface area contributed by atoms with Crippen molar-refractivity contribution in [1.82, 2.24) is 30.4 Å². The van der Waals surface area contributed by atoms with Crippen LogP contribution < -0.4 is 16.4 Å². The van der Waals surface area contributed by atoms with E-state index >= 15 is 0 Å². The number of ether oxygens (including phenoxy) is 1. The molecule has 0 bridgehead atoms. The molecule has 3 heterocycles. The molecule has 2 aromatic heterocycles. The predicted molar refractivity (Wildman–Crippen MR) is 139 cm³/mol. The van der Waals surface area contributed by atoms with Crippen molar-refractivity contribution >= 4 is 17.0 Å². The highest BCUT2D eigenvalue weighted by atomic mass is 16.5. The summed E-state index contributed by atoms with van der Waals surface area (Å²) < 4.78 is 7.11. The first-order valence-electron chi connectivity index (χ1n) is 12.6. The number of rotatable bonds is 10. The van der Waals surface area contributed by atoms with Gasteiger partial charge in [0.2, 0.25) is 0 Å². The summed E-state index contributed by atoms with van der Waals surface area (Å²) in [6.07, 6.45) is 9.03. The second kappa shape index (κ2) is 11.4. The zero-order valence-electron chi connectivity index (χ0n) is 20.3. The summed E-state index contributed by atoms with van der Waals surface area (Å²) in [4.78, 5) is 14.7. The third-order valence-electron chi connectivity index (χ3n) is 7.11. The maximum atomic E-state index is 11.3. The minimum Gasteiger partial charge on any atom is -0.448 e. The quantitative estimate of drug-likeness (QED) is 0.272. The smallest absolute Gasteiger partial charge is 0.404 e. The Labute approximate surface area is 210 Å². The van der Waals surface area contributed by atoms with Crippen LogP contribution in [0.25, 0.3) is 16.6 Å². The molecule has 3 atom stereocenters. The van der Waals surface area contributed by atoms with E-state index in [-0.39, 0.29) is 12.6 Å². The van der Waals surface area contributed by atoms with Crippen molar-refractivity contribution in [2.24, 2.45) is 11.7 Å². The van der Waals surface area contributed by atoms with Crippen molar-refractivity contribution in [3.63, 3.8) is 0 Å². The molecule has 188 valence electrons. The summed E-state index contributed by atoms with van der Waals surface area (Å²) >= 11 is 0. The van der Waals surface area contributed by atoms with Crippen molar-refractivity contribution in [3.8, 4) is 5.69 Å². The Bertz CT molecular complexity index is 1260. The third kappa shape index (κ3) is 5.75. The van der Waals surface area contributed by atoms with Crippen molar-refractivity contribution < 1.29 is 9.53 Å². The Morgan fingerprint density at radius 1 is 1.19 bits per heavy atom. The third-order valence-corrected chi connectivity index (χ3v) is 7.11. The number of fused-ring (bicyclic) bond motifs is 1. The lowest BCUT2D eigenvalue weighted by Crippen LogP contribution is -2.49. The maximum absolute atomic E-state index is 11.3. The number of nitrogens with one attached hydrogen (secondary N) is 3. The largest absolute Gasteiger partial charge is 0.448 e. The highest BCUT2D eigenvalue weighted by Crippen LogP contribution is 2.26. The van der Waals surface area contributed by atoms with Gasteiger partial charge in [0, 0.05) is 28.8 Å². The number of piperidine rings is 1. The number of nitrogens with two attached hydrogens (primary N) is 1. The Morgan fingerprint density at radius 3 is 2.83 bits per heavy atom.